The molecule has 0 aliphatic carbocycles. The lowest BCUT2D eigenvalue weighted by molar-refractivity contribution is -0.130. The van der Waals surface area contributed by atoms with E-state index in [0.717, 1.165) is 0 Å². The number of amides is 3. The summed E-state index contributed by atoms with van der Waals surface area (Å²) in [6, 6.07) is -1.25. The summed E-state index contributed by atoms with van der Waals surface area (Å²) < 4.78 is 0. The Hall–Kier alpha value is -2.36. The van der Waals surface area contributed by atoms with Gasteiger partial charge in [0.05, 0.1) is 12.6 Å². The van der Waals surface area contributed by atoms with Crippen LogP contribution in [0.1, 0.15) is 19.8 Å². The minimum absolute atomic E-state index is 0.164. The van der Waals surface area contributed by atoms with E-state index in [0.29, 0.717) is 19.4 Å². The molecule has 0 unspecified atom stereocenters. The van der Waals surface area contributed by atoms with Crippen molar-refractivity contribution in [1.29, 1.82) is 5.41 Å². The van der Waals surface area contributed by atoms with Gasteiger partial charge in [-0.25, -0.2) is 0 Å². The van der Waals surface area contributed by atoms with Crippen LogP contribution in [-0.4, -0.2) is 55.9 Å². The van der Waals surface area contributed by atoms with Gasteiger partial charge in [-0.1, -0.05) is 0 Å². The number of likely N-dealkylation sites (N-methyl/N-ethyl adjacent to an activating group) is 1. The van der Waals surface area contributed by atoms with Gasteiger partial charge in [0.15, 0.2) is 5.96 Å². The van der Waals surface area contributed by atoms with Gasteiger partial charge in [-0.2, -0.15) is 0 Å². The second-order valence-corrected chi connectivity index (χ2v) is 4.74. The number of hydrogen-bond donors (Lipinski definition) is 7. The molecule has 0 bridgehead atoms. The standard InChI is InChI=1S/C12H25N7O3/c1-7(16-2)10(21)19-8(4-3-5-17-12(14)15)11(22)18-6-9(13)20/h7-8,16H,3-6H2,1-2H3,(H2,13,20)(H,18,22)(H,19,21)(H4,14,15,17)/t7-,8-/m0/s1. The number of carbonyl (C=O) groups excluding carboxylic acids is 3. The Balaban J connectivity index is 4.53. The topological polar surface area (TPSA) is 175 Å². The molecule has 10 nitrogen and oxygen atoms in total. The third kappa shape index (κ3) is 8.74. The fourth-order valence-corrected chi connectivity index (χ4v) is 1.52. The molecular weight excluding hydrogens is 290 g/mol. The van der Waals surface area contributed by atoms with E-state index in [2.05, 4.69) is 21.3 Å². The summed E-state index contributed by atoms with van der Waals surface area (Å²) in [7, 11) is 1.63. The average Bonchev–Trinajstić information content (AvgIpc) is 2.46. The quantitative estimate of drug-likeness (QED) is 0.128. The van der Waals surface area contributed by atoms with Crippen LogP contribution in [0.4, 0.5) is 0 Å². The Morgan fingerprint density at radius 3 is 2.27 bits per heavy atom. The van der Waals surface area contributed by atoms with Crippen LogP contribution in [0.15, 0.2) is 0 Å². The molecule has 22 heavy (non-hydrogen) atoms. The van der Waals surface area contributed by atoms with Gasteiger partial charge in [-0.3, -0.25) is 19.8 Å². The predicted molar refractivity (Wildman–Crippen MR) is 81.8 cm³/mol. The molecule has 0 rings (SSSR count). The van der Waals surface area contributed by atoms with Gasteiger partial charge in [0.2, 0.25) is 17.7 Å². The second-order valence-electron chi connectivity index (χ2n) is 4.74. The van der Waals surface area contributed by atoms with Gasteiger partial charge in [-0.05, 0) is 26.8 Å². The van der Waals surface area contributed by atoms with Gasteiger partial charge < -0.3 is 32.7 Å². The summed E-state index contributed by atoms with van der Waals surface area (Å²) in [5.41, 5.74) is 10.1. The smallest absolute Gasteiger partial charge is 0.243 e. The molecule has 0 spiro atoms. The molecule has 0 aliphatic heterocycles. The third-order valence-electron chi connectivity index (χ3n) is 2.88. The van der Waals surface area contributed by atoms with Gasteiger partial charge in [0, 0.05) is 6.54 Å². The Labute approximate surface area is 129 Å². The Kier molecular flexibility index (Phi) is 9.27. The fourth-order valence-electron chi connectivity index (χ4n) is 1.52. The number of nitrogens with one attached hydrogen (secondary N) is 5. The largest absolute Gasteiger partial charge is 0.370 e. The van der Waals surface area contributed by atoms with Crippen LogP contribution in [0, 0.1) is 5.41 Å². The van der Waals surface area contributed by atoms with Crippen molar-refractivity contribution in [3.8, 4) is 0 Å². The molecule has 10 heteroatoms. The molecule has 126 valence electrons. The average molecular weight is 315 g/mol. The molecule has 0 aromatic carbocycles. The molecule has 3 amide bonds. The zero-order chi connectivity index (χ0) is 17.1. The van der Waals surface area contributed by atoms with E-state index in [9.17, 15) is 14.4 Å². The van der Waals surface area contributed by atoms with E-state index in [1.165, 1.54) is 0 Å². The number of nitrogens with two attached hydrogens (primary N) is 2. The van der Waals surface area contributed by atoms with Crippen molar-refractivity contribution >= 4 is 23.7 Å². The lowest BCUT2D eigenvalue weighted by Gasteiger charge is -2.20. The lowest BCUT2D eigenvalue weighted by atomic mass is 10.1. The summed E-state index contributed by atoms with van der Waals surface area (Å²) >= 11 is 0. The van der Waals surface area contributed by atoms with Crippen molar-refractivity contribution in [1.82, 2.24) is 21.3 Å². The van der Waals surface area contributed by atoms with E-state index >= 15 is 0 Å². The van der Waals surface area contributed by atoms with Crippen LogP contribution >= 0.6 is 0 Å². The van der Waals surface area contributed by atoms with Crippen LogP contribution < -0.4 is 32.7 Å². The first-order valence-corrected chi connectivity index (χ1v) is 6.89. The third-order valence-corrected chi connectivity index (χ3v) is 2.88. The van der Waals surface area contributed by atoms with Crippen molar-refractivity contribution in [2.45, 2.75) is 31.8 Å². The second kappa shape index (κ2) is 10.4. The van der Waals surface area contributed by atoms with E-state index in [1.54, 1.807) is 14.0 Å². The highest BCUT2D eigenvalue weighted by molar-refractivity contribution is 5.91. The monoisotopic (exact) mass is 315 g/mol. The molecule has 0 saturated heterocycles. The fraction of sp³-hybridized carbons (Fsp3) is 0.667. The zero-order valence-electron chi connectivity index (χ0n) is 12.9. The summed E-state index contributed by atoms with van der Waals surface area (Å²) in [5, 5.41) is 17.4. The number of rotatable bonds is 10. The maximum Gasteiger partial charge on any atom is 0.243 e. The van der Waals surface area contributed by atoms with Crippen LogP contribution in [-0.2, 0) is 14.4 Å². The lowest BCUT2D eigenvalue weighted by Crippen LogP contribution is -2.52. The van der Waals surface area contributed by atoms with Crippen molar-refractivity contribution in [2.24, 2.45) is 11.5 Å². The van der Waals surface area contributed by atoms with Crippen molar-refractivity contribution < 1.29 is 14.4 Å². The Morgan fingerprint density at radius 1 is 1.14 bits per heavy atom. The van der Waals surface area contributed by atoms with Gasteiger partial charge in [0.25, 0.3) is 0 Å². The first-order chi connectivity index (χ1) is 10.3. The highest BCUT2D eigenvalue weighted by atomic mass is 16.2. The molecule has 2 atom stereocenters. The molecule has 0 aliphatic rings. The minimum Gasteiger partial charge on any atom is -0.370 e. The summed E-state index contributed by atoms with van der Waals surface area (Å²) in [6.07, 6.45) is 0.829. The first-order valence-electron chi connectivity index (χ1n) is 6.89. The summed E-state index contributed by atoms with van der Waals surface area (Å²) in [5.74, 6) is -1.65. The number of carbonyl (C=O) groups is 3. The van der Waals surface area contributed by atoms with E-state index in [1.807, 2.05) is 0 Å². The van der Waals surface area contributed by atoms with Crippen molar-refractivity contribution in [3.63, 3.8) is 0 Å². The van der Waals surface area contributed by atoms with E-state index in [-0.39, 0.29) is 18.4 Å². The molecule has 0 aromatic heterocycles. The van der Waals surface area contributed by atoms with Gasteiger partial charge >= 0.3 is 0 Å². The zero-order valence-corrected chi connectivity index (χ0v) is 12.9. The highest BCUT2D eigenvalue weighted by Gasteiger charge is 2.22. The molecule has 0 saturated carbocycles. The molecule has 0 heterocycles. The molecular formula is C12H25N7O3. The highest BCUT2D eigenvalue weighted by Crippen LogP contribution is 1.98. The molecule has 9 N–H and O–H groups in total. The van der Waals surface area contributed by atoms with Gasteiger partial charge in [0.1, 0.15) is 6.04 Å². The molecule has 0 fully saturated rings. The minimum atomic E-state index is -0.795. The van der Waals surface area contributed by atoms with Crippen LogP contribution in [0.2, 0.25) is 0 Å². The SMILES string of the molecule is CN[C@@H](C)C(=O)N[C@@H](CCCNC(=N)N)C(=O)NCC(N)=O. The van der Waals surface area contributed by atoms with Crippen molar-refractivity contribution in [3.05, 3.63) is 0 Å². The first kappa shape index (κ1) is 19.6. The predicted octanol–water partition coefficient (Wildman–Crippen LogP) is -3.06. The van der Waals surface area contributed by atoms with E-state index in [4.69, 9.17) is 16.9 Å². The number of hydrogen-bond acceptors (Lipinski definition) is 5. The maximum atomic E-state index is 12.0. The van der Waals surface area contributed by atoms with Crippen molar-refractivity contribution in [2.75, 3.05) is 20.1 Å². The van der Waals surface area contributed by atoms with Gasteiger partial charge in [-0.15, -0.1) is 0 Å². The number of primary amides is 1. The molecule has 0 aromatic rings. The molecule has 0 radical (unpaired) electrons. The van der Waals surface area contributed by atoms with Crippen LogP contribution in [0.3, 0.4) is 0 Å². The maximum absolute atomic E-state index is 12.0. The van der Waals surface area contributed by atoms with Crippen LogP contribution in [0.25, 0.3) is 0 Å². The number of guanidine groups is 1. The Bertz CT molecular complexity index is 414. The summed E-state index contributed by atoms with van der Waals surface area (Å²) in [6.45, 7) is 1.76. The summed E-state index contributed by atoms with van der Waals surface area (Å²) in [4.78, 5) is 34.5. The normalized spacial score (nSPS) is 12.8. The Morgan fingerprint density at radius 2 is 1.77 bits per heavy atom. The van der Waals surface area contributed by atoms with E-state index < -0.39 is 23.9 Å². The van der Waals surface area contributed by atoms with Crippen LogP contribution in [0.5, 0.6) is 0 Å².